The Balaban J connectivity index is 2.67. The van der Waals surface area contributed by atoms with E-state index in [9.17, 15) is 4.79 Å². The molecule has 0 aliphatic heterocycles. The molecule has 3 aromatic heterocycles. The van der Waals surface area contributed by atoms with Crippen molar-refractivity contribution in [2.45, 2.75) is 13.8 Å². The van der Waals surface area contributed by atoms with Gasteiger partial charge in [-0.05, 0) is 19.4 Å². The molecule has 0 aliphatic rings. The number of hydrogen-bond acceptors (Lipinski definition) is 5. The third-order valence-electron chi connectivity index (χ3n) is 2.66. The second kappa shape index (κ2) is 3.48. The molecule has 0 unspecified atom stereocenters. The van der Waals surface area contributed by atoms with E-state index in [1.54, 1.807) is 0 Å². The zero-order valence-electron chi connectivity index (χ0n) is 9.04. The summed E-state index contributed by atoms with van der Waals surface area (Å²) in [6.45, 7) is 3.74. The van der Waals surface area contributed by atoms with Crippen LogP contribution in [0.1, 0.15) is 11.3 Å². The summed E-state index contributed by atoms with van der Waals surface area (Å²) < 4.78 is 0.535. The first-order valence-electron chi connectivity index (χ1n) is 4.90. The lowest BCUT2D eigenvalue weighted by atomic mass is 10.1. The fourth-order valence-electron chi connectivity index (χ4n) is 1.83. The number of hydrogen-bond donors (Lipinski definition) is 1. The van der Waals surface area contributed by atoms with E-state index in [2.05, 4.69) is 20.4 Å². The zero-order valence-corrected chi connectivity index (χ0v) is 10.6. The van der Waals surface area contributed by atoms with Gasteiger partial charge in [0.25, 0.3) is 5.56 Å². The molecular weight excluding hydrogens is 260 g/mol. The van der Waals surface area contributed by atoms with E-state index in [-0.39, 0.29) is 5.56 Å². The van der Waals surface area contributed by atoms with Gasteiger partial charge in [-0.25, -0.2) is 10.1 Å². The van der Waals surface area contributed by atoms with Crippen LogP contribution in [0.2, 0.25) is 5.02 Å². The van der Waals surface area contributed by atoms with Crippen LogP contribution in [-0.4, -0.2) is 20.4 Å². The van der Waals surface area contributed by atoms with Gasteiger partial charge in [-0.2, -0.15) is 0 Å². The van der Waals surface area contributed by atoms with Crippen molar-refractivity contribution in [3.63, 3.8) is 0 Å². The summed E-state index contributed by atoms with van der Waals surface area (Å²) in [7, 11) is 0. The van der Waals surface area contributed by atoms with E-state index in [1.165, 1.54) is 11.3 Å². The summed E-state index contributed by atoms with van der Waals surface area (Å²) in [6, 6.07) is 0. The van der Waals surface area contributed by atoms with Gasteiger partial charge < -0.3 is 0 Å². The molecule has 7 heteroatoms. The first kappa shape index (κ1) is 10.6. The number of aryl methyl sites for hydroxylation is 2. The molecule has 1 N–H and O–H groups in total. The van der Waals surface area contributed by atoms with Crippen LogP contribution in [0.5, 0.6) is 0 Å². The fourth-order valence-corrected chi connectivity index (χ4v) is 3.07. The number of H-pyrrole nitrogens is 1. The molecular formula is C10H7ClN4OS. The summed E-state index contributed by atoms with van der Waals surface area (Å²) in [4.78, 5) is 16.8. The number of aromatic amines is 1. The Morgan fingerprint density at radius 2 is 2.12 bits per heavy atom. The number of nitrogens with zero attached hydrogens (tertiary/aromatic N) is 3. The Morgan fingerprint density at radius 3 is 2.88 bits per heavy atom. The molecule has 3 rings (SSSR count). The Hall–Kier alpha value is -1.53. The van der Waals surface area contributed by atoms with Crippen LogP contribution in [0.4, 0.5) is 0 Å². The Labute approximate surface area is 104 Å². The molecule has 0 aliphatic carbocycles. The van der Waals surface area contributed by atoms with Gasteiger partial charge >= 0.3 is 0 Å². The molecule has 0 aromatic carbocycles. The van der Waals surface area contributed by atoms with Crippen LogP contribution in [0, 0.1) is 13.8 Å². The van der Waals surface area contributed by atoms with Gasteiger partial charge in [0.15, 0.2) is 0 Å². The number of aromatic nitrogens is 4. The van der Waals surface area contributed by atoms with Crippen molar-refractivity contribution in [3.8, 4) is 0 Å². The van der Waals surface area contributed by atoms with Gasteiger partial charge in [-0.15, -0.1) is 16.4 Å². The number of nitrogens with one attached hydrogen (secondary N) is 1. The van der Waals surface area contributed by atoms with Crippen molar-refractivity contribution in [1.82, 2.24) is 20.4 Å². The molecule has 0 saturated heterocycles. The van der Waals surface area contributed by atoms with Crippen LogP contribution < -0.4 is 5.56 Å². The highest BCUT2D eigenvalue weighted by atomic mass is 35.5. The van der Waals surface area contributed by atoms with Gasteiger partial charge in [0, 0.05) is 5.39 Å². The third-order valence-corrected chi connectivity index (χ3v) is 4.29. The second-order valence-electron chi connectivity index (χ2n) is 3.74. The van der Waals surface area contributed by atoms with Crippen molar-refractivity contribution in [2.24, 2.45) is 0 Å². The average molecular weight is 267 g/mol. The predicted molar refractivity (Wildman–Crippen MR) is 67.8 cm³/mol. The second-order valence-corrected chi connectivity index (χ2v) is 5.11. The summed E-state index contributed by atoms with van der Waals surface area (Å²) in [6.07, 6.45) is 0. The van der Waals surface area contributed by atoms with Crippen molar-refractivity contribution < 1.29 is 0 Å². The lowest BCUT2D eigenvalue weighted by Crippen LogP contribution is -2.07. The SMILES string of the molecule is Cc1nc2sc3c(=O)[nH]nnc3c2c(C)c1Cl. The molecule has 0 saturated carbocycles. The smallest absolute Gasteiger partial charge is 0.266 e. The number of pyridine rings is 1. The molecule has 0 amide bonds. The minimum absolute atomic E-state index is 0.244. The number of fused-ring (bicyclic) bond motifs is 3. The van der Waals surface area contributed by atoms with Crippen molar-refractivity contribution in [3.05, 3.63) is 26.6 Å². The Bertz CT molecular complexity index is 807. The molecule has 86 valence electrons. The van der Waals surface area contributed by atoms with Crippen molar-refractivity contribution in [1.29, 1.82) is 0 Å². The highest BCUT2D eigenvalue weighted by molar-refractivity contribution is 7.25. The summed E-state index contributed by atoms with van der Waals surface area (Å²) >= 11 is 7.47. The number of rotatable bonds is 0. The minimum atomic E-state index is -0.244. The lowest BCUT2D eigenvalue weighted by molar-refractivity contribution is 0.876. The quantitative estimate of drug-likeness (QED) is 0.677. The van der Waals surface area contributed by atoms with Gasteiger partial charge in [-0.1, -0.05) is 16.8 Å². The molecule has 0 fully saturated rings. The van der Waals surface area contributed by atoms with Crippen molar-refractivity contribution in [2.75, 3.05) is 0 Å². The van der Waals surface area contributed by atoms with E-state index in [4.69, 9.17) is 11.6 Å². The topological polar surface area (TPSA) is 71.5 Å². The van der Waals surface area contributed by atoms with Crippen LogP contribution in [0.25, 0.3) is 20.4 Å². The van der Waals surface area contributed by atoms with Gasteiger partial charge in [-0.3, -0.25) is 4.79 Å². The van der Waals surface area contributed by atoms with Crippen LogP contribution >= 0.6 is 22.9 Å². The normalized spacial score (nSPS) is 11.5. The molecule has 0 atom stereocenters. The van der Waals surface area contributed by atoms with Gasteiger partial charge in [0.2, 0.25) is 0 Å². The monoisotopic (exact) mass is 266 g/mol. The molecule has 3 heterocycles. The van der Waals surface area contributed by atoms with E-state index in [0.29, 0.717) is 15.2 Å². The largest absolute Gasteiger partial charge is 0.285 e. The zero-order chi connectivity index (χ0) is 12.2. The first-order valence-corrected chi connectivity index (χ1v) is 6.09. The standard InChI is InChI=1S/C10H7ClN4OS/c1-3-5-7-8(9(16)14-15-13-7)17-10(5)12-4(2)6(3)11/h1-2H3,(H,13,14,16). The van der Waals surface area contributed by atoms with Gasteiger partial charge in [0.1, 0.15) is 15.0 Å². The average Bonchev–Trinajstić information content (AvgIpc) is 2.66. The lowest BCUT2D eigenvalue weighted by Gasteiger charge is -2.02. The molecule has 5 nitrogen and oxygen atoms in total. The van der Waals surface area contributed by atoms with Crippen LogP contribution in [0.3, 0.4) is 0 Å². The van der Waals surface area contributed by atoms with Crippen LogP contribution in [-0.2, 0) is 0 Å². The van der Waals surface area contributed by atoms with Gasteiger partial charge in [0.05, 0.1) is 10.7 Å². The highest BCUT2D eigenvalue weighted by Gasteiger charge is 2.16. The van der Waals surface area contributed by atoms with Crippen molar-refractivity contribution >= 4 is 43.4 Å². The van der Waals surface area contributed by atoms with E-state index in [0.717, 1.165) is 21.5 Å². The summed E-state index contributed by atoms with van der Waals surface area (Å²) in [5.74, 6) is 0. The number of thiophene rings is 1. The fraction of sp³-hybridized carbons (Fsp3) is 0.200. The van der Waals surface area contributed by atoms with E-state index >= 15 is 0 Å². The number of halogens is 1. The maximum atomic E-state index is 11.6. The third kappa shape index (κ3) is 1.37. The maximum Gasteiger partial charge on any atom is 0.285 e. The molecule has 0 radical (unpaired) electrons. The molecule has 3 aromatic rings. The summed E-state index contributed by atoms with van der Waals surface area (Å²) in [5.41, 5.74) is 1.97. The predicted octanol–water partition coefficient (Wildman–Crippen LogP) is 2.20. The Morgan fingerprint density at radius 1 is 1.35 bits per heavy atom. The first-order chi connectivity index (χ1) is 8.09. The van der Waals surface area contributed by atoms with E-state index < -0.39 is 0 Å². The highest BCUT2D eigenvalue weighted by Crippen LogP contribution is 2.35. The minimum Gasteiger partial charge on any atom is -0.266 e. The summed E-state index contributed by atoms with van der Waals surface area (Å²) in [5, 5.41) is 11.3. The maximum absolute atomic E-state index is 11.6. The molecule has 0 bridgehead atoms. The Kier molecular flexibility index (Phi) is 2.17. The molecule has 0 spiro atoms. The molecule has 17 heavy (non-hydrogen) atoms. The van der Waals surface area contributed by atoms with Crippen LogP contribution in [0.15, 0.2) is 4.79 Å². The van der Waals surface area contributed by atoms with E-state index in [1.807, 2.05) is 13.8 Å².